The average molecular weight is 309 g/mol. The summed E-state index contributed by atoms with van der Waals surface area (Å²) in [5.41, 5.74) is 1.95. The number of halogens is 1. The summed E-state index contributed by atoms with van der Waals surface area (Å²) in [6.07, 6.45) is 4.29. The van der Waals surface area contributed by atoms with Gasteiger partial charge in [-0.25, -0.2) is 0 Å². The van der Waals surface area contributed by atoms with Gasteiger partial charge in [-0.1, -0.05) is 29.3 Å². The van der Waals surface area contributed by atoms with Crippen molar-refractivity contribution in [2.45, 2.75) is 32.6 Å². The van der Waals surface area contributed by atoms with Crippen LogP contribution >= 0.6 is 15.9 Å². The first-order valence-electron chi connectivity index (χ1n) is 6.66. The molecule has 0 amide bonds. The SMILES string of the molecule is CC1CCCC1C(=O)c1cc(Br)cc2c1OCC2. The van der Waals surface area contributed by atoms with E-state index in [2.05, 4.69) is 28.9 Å². The molecule has 2 unspecified atom stereocenters. The van der Waals surface area contributed by atoms with Crippen LogP contribution in [0.5, 0.6) is 5.75 Å². The zero-order valence-corrected chi connectivity index (χ0v) is 12.1. The second-order valence-electron chi connectivity index (χ2n) is 5.42. The third-order valence-electron chi connectivity index (χ3n) is 4.21. The molecular weight excluding hydrogens is 292 g/mol. The topological polar surface area (TPSA) is 26.3 Å². The first kappa shape index (κ1) is 12.2. The maximum atomic E-state index is 12.7. The van der Waals surface area contributed by atoms with Crippen LogP contribution in [0.25, 0.3) is 0 Å². The van der Waals surface area contributed by atoms with Gasteiger partial charge >= 0.3 is 0 Å². The number of ether oxygens (including phenoxy) is 1. The van der Waals surface area contributed by atoms with Gasteiger partial charge in [0.15, 0.2) is 5.78 Å². The average Bonchev–Trinajstić information content (AvgIpc) is 2.95. The van der Waals surface area contributed by atoms with Crippen LogP contribution in [0.15, 0.2) is 16.6 Å². The largest absolute Gasteiger partial charge is 0.492 e. The number of carbonyl (C=O) groups excluding carboxylic acids is 1. The van der Waals surface area contributed by atoms with Gasteiger partial charge in [0.05, 0.1) is 12.2 Å². The van der Waals surface area contributed by atoms with Gasteiger partial charge in [-0.05, 0) is 36.5 Å². The van der Waals surface area contributed by atoms with E-state index in [9.17, 15) is 4.79 Å². The molecule has 0 bridgehead atoms. The Kier molecular flexibility index (Phi) is 3.18. The van der Waals surface area contributed by atoms with E-state index in [-0.39, 0.29) is 11.7 Å². The van der Waals surface area contributed by atoms with Crippen LogP contribution in [0.4, 0.5) is 0 Å². The van der Waals surface area contributed by atoms with Crippen LogP contribution in [-0.2, 0) is 6.42 Å². The number of Topliss-reactive ketones (excluding diaryl/α,β-unsaturated/α-hetero) is 1. The fraction of sp³-hybridized carbons (Fsp3) is 0.533. The predicted octanol–water partition coefficient (Wildman–Crippen LogP) is 4.00. The van der Waals surface area contributed by atoms with Crippen LogP contribution in [0.1, 0.15) is 42.1 Å². The normalized spacial score (nSPS) is 25.9. The second kappa shape index (κ2) is 4.69. The summed E-state index contributed by atoms with van der Waals surface area (Å²) in [6.45, 7) is 2.89. The molecule has 1 aromatic carbocycles. The Balaban J connectivity index is 1.99. The number of fused-ring (bicyclic) bond motifs is 1. The number of ketones is 1. The summed E-state index contributed by atoms with van der Waals surface area (Å²) in [6, 6.07) is 3.99. The monoisotopic (exact) mass is 308 g/mol. The van der Waals surface area contributed by atoms with Crippen molar-refractivity contribution in [3.05, 3.63) is 27.7 Å². The van der Waals surface area contributed by atoms with Crippen LogP contribution in [0, 0.1) is 11.8 Å². The van der Waals surface area contributed by atoms with Crippen molar-refractivity contribution in [2.24, 2.45) is 11.8 Å². The molecule has 1 aliphatic heterocycles. The van der Waals surface area contributed by atoms with E-state index < -0.39 is 0 Å². The van der Waals surface area contributed by atoms with Crippen LogP contribution < -0.4 is 4.74 Å². The minimum absolute atomic E-state index is 0.188. The van der Waals surface area contributed by atoms with E-state index in [1.54, 1.807) is 0 Å². The highest BCUT2D eigenvalue weighted by atomic mass is 79.9. The van der Waals surface area contributed by atoms with Gasteiger partial charge in [0.2, 0.25) is 0 Å². The highest BCUT2D eigenvalue weighted by Gasteiger charge is 2.33. The zero-order chi connectivity index (χ0) is 12.7. The lowest BCUT2D eigenvalue weighted by atomic mass is 9.88. The Morgan fingerprint density at radius 1 is 1.39 bits per heavy atom. The first-order valence-corrected chi connectivity index (χ1v) is 7.45. The standard InChI is InChI=1S/C15H17BrO2/c1-9-3-2-4-12(9)14(17)13-8-11(16)7-10-5-6-18-15(10)13/h7-9,12H,2-6H2,1H3. The van der Waals surface area contributed by atoms with Crippen molar-refractivity contribution < 1.29 is 9.53 Å². The molecule has 2 aliphatic rings. The number of carbonyl (C=O) groups is 1. The number of benzene rings is 1. The third kappa shape index (κ3) is 1.99. The molecule has 1 heterocycles. The number of rotatable bonds is 2. The molecule has 1 aromatic rings. The summed E-state index contributed by atoms with van der Waals surface area (Å²) in [5, 5.41) is 0. The second-order valence-corrected chi connectivity index (χ2v) is 6.33. The number of hydrogen-bond acceptors (Lipinski definition) is 2. The molecule has 0 aromatic heterocycles. The van der Waals surface area contributed by atoms with Crippen molar-refractivity contribution in [1.29, 1.82) is 0 Å². The van der Waals surface area contributed by atoms with Crippen LogP contribution in [0.3, 0.4) is 0 Å². The van der Waals surface area contributed by atoms with Gasteiger partial charge in [-0.3, -0.25) is 4.79 Å². The van der Waals surface area contributed by atoms with E-state index in [0.717, 1.165) is 28.6 Å². The lowest BCUT2D eigenvalue weighted by Gasteiger charge is -2.16. The molecular formula is C15H17BrO2. The quantitative estimate of drug-likeness (QED) is 0.772. The lowest BCUT2D eigenvalue weighted by molar-refractivity contribution is 0.0894. The molecule has 2 nitrogen and oxygen atoms in total. The van der Waals surface area contributed by atoms with E-state index in [4.69, 9.17) is 4.74 Å². The molecule has 3 heteroatoms. The summed E-state index contributed by atoms with van der Waals surface area (Å²) in [4.78, 5) is 12.7. The van der Waals surface area contributed by atoms with E-state index in [1.165, 1.54) is 18.4 Å². The molecule has 1 saturated carbocycles. The third-order valence-corrected chi connectivity index (χ3v) is 4.67. The molecule has 1 aliphatic carbocycles. The Hall–Kier alpha value is -0.830. The van der Waals surface area contributed by atoms with Crippen molar-refractivity contribution >= 4 is 21.7 Å². The summed E-state index contributed by atoms with van der Waals surface area (Å²) >= 11 is 3.50. The van der Waals surface area contributed by atoms with Gasteiger partial charge in [-0.2, -0.15) is 0 Å². The van der Waals surface area contributed by atoms with E-state index in [0.29, 0.717) is 12.5 Å². The molecule has 1 fully saturated rings. The molecule has 0 N–H and O–H groups in total. The van der Waals surface area contributed by atoms with Gasteiger partial charge in [0, 0.05) is 16.8 Å². The molecule has 18 heavy (non-hydrogen) atoms. The maximum Gasteiger partial charge on any atom is 0.169 e. The van der Waals surface area contributed by atoms with Crippen LogP contribution in [0.2, 0.25) is 0 Å². The van der Waals surface area contributed by atoms with E-state index >= 15 is 0 Å². The molecule has 0 spiro atoms. The highest BCUT2D eigenvalue weighted by molar-refractivity contribution is 9.10. The van der Waals surface area contributed by atoms with Gasteiger partial charge in [0.25, 0.3) is 0 Å². The lowest BCUT2D eigenvalue weighted by Crippen LogP contribution is -2.18. The fourth-order valence-corrected chi connectivity index (χ4v) is 3.69. The Bertz CT molecular complexity index is 496. The zero-order valence-electron chi connectivity index (χ0n) is 10.5. The first-order chi connectivity index (χ1) is 8.66. The van der Waals surface area contributed by atoms with Gasteiger partial charge in [-0.15, -0.1) is 0 Å². The van der Waals surface area contributed by atoms with Crippen molar-refractivity contribution in [3.8, 4) is 5.75 Å². The molecule has 0 radical (unpaired) electrons. The summed E-state index contributed by atoms with van der Waals surface area (Å²) in [7, 11) is 0. The highest BCUT2D eigenvalue weighted by Crippen LogP contribution is 2.39. The minimum Gasteiger partial charge on any atom is -0.492 e. The molecule has 0 saturated heterocycles. The number of hydrogen-bond donors (Lipinski definition) is 0. The smallest absolute Gasteiger partial charge is 0.169 e. The van der Waals surface area contributed by atoms with Gasteiger partial charge in [0.1, 0.15) is 5.75 Å². The minimum atomic E-state index is 0.188. The predicted molar refractivity (Wildman–Crippen MR) is 74.2 cm³/mol. The molecule has 96 valence electrons. The molecule has 3 rings (SSSR count). The van der Waals surface area contributed by atoms with Gasteiger partial charge < -0.3 is 4.74 Å². The van der Waals surface area contributed by atoms with E-state index in [1.807, 2.05) is 6.07 Å². The Labute approximate surface area is 116 Å². The summed E-state index contributed by atoms with van der Waals surface area (Å²) in [5.74, 6) is 1.81. The van der Waals surface area contributed by atoms with Crippen molar-refractivity contribution in [1.82, 2.24) is 0 Å². The maximum absolute atomic E-state index is 12.7. The van der Waals surface area contributed by atoms with Crippen molar-refractivity contribution in [2.75, 3.05) is 6.61 Å². The Morgan fingerprint density at radius 2 is 2.22 bits per heavy atom. The van der Waals surface area contributed by atoms with Crippen molar-refractivity contribution in [3.63, 3.8) is 0 Å². The Morgan fingerprint density at radius 3 is 2.94 bits per heavy atom. The van der Waals surface area contributed by atoms with Crippen LogP contribution in [-0.4, -0.2) is 12.4 Å². The summed E-state index contributed by atoms with van der Waals surface area (Å²) < 4.78 is 6.65. The molecule has 2 atom stereocenters. The fourth-order valence-electron chi connectivity index (χ4n) is 3.19.